The summed E-state index contributed by atoms with van der Waals surface area (Å²) in [6.45, 7) is 2.78. The first-order chi connectivity index (χ1) is 6.52. The number of anilines is 1. The molecule has 1 unspecified atom stereocenters. The Bertz CT molecular complexity index is 289. The minimum Gasteiger partial charge on any atom is -0.383 e. The first kappa shape index (κ1) is 10.9. The van der Waals surface area contributed by atoms with Crippen LogP contribution < -0.4 is 11.5 Å². The molecule has 0 radical (unpaired) electrons. The number of nitrogens with two attached hydrogens (primary N) is 2. The molecule has 1 aromatic rings. The second-order valence-corrected chi connectivity index (χ2v) is 3.80. The van der Waals surface area contributed by atoms with Crippen LogP contribution in [0.1, 0.15) is 17.2 Å². The van der Waals surface area contributed by atoms with Gasteiger partial charge < -0.3 is 16.4 Å². The average molecular weight is 194 g/mol. The van der Waals surface area contributed by atoms with E-state index >= 15 is 0 Å². The number of hydrogen-bond donors (Lipinski definition) is 2. The summed E-state index contributed by atoms with van der Waals surface area (Å²) >= 11 is 0. The Morgan fingerprint density at radius 3 is 2.64 bits per heavy atom. The van der Waals surface area contributed by atoms with E-state index in [1.165, 1.54) is 0 Å². The number of nitrogens with zero attached hydrogens (tertiary/aromatic N) is 2. The summed E-state index contributed by atoms with van der Waals surface area (Å²) in [6.07, 6.45) is 1.70. The molecule has 0 saturated heterocycles. The van der Waals surface area contributed by atoms with Crippen LogP contribution in [0, 0.1) is 6.92 Å². The smallest absolute Gasteiger partial charge is 0.128 e. The SMILES string of the molecule is Cc1ccnc(N)c1C(N)CN(C)C. The maximum absolute atomic E-state index is 6.04. The molecule has 1 rings (SSSR count). The molecule has 4 N–H and O–H groups in total. The van der Waals surface area contributed by atoms with Crippen molar-refractivity contribution in [2.75, 3.05) is 26.4 Å². The molecule has 78 valence electrons. The van der Waals surface area contributed by atoms with Crippen molar-refractivity contribution in [2.45, 2.75) is 13.0 Å². The van der Waals surface area contributed by atoms with Crippen molar-refractivity contribution in [3.05, 3.63) is 23.4 Å². The quantitative estimate of drug-likeness (QED) is 0.736. The number of hydrogen-bond acceptors (Lipinski definition) is 4. The Kier molecular flexibility index (Phi) is 3.43. The number of aromatic nitrogens is 1. The van der Waals surface area contributed by atoms with Gasteiger partial charge in [-0.25, -0.2) is 4.98 Å². The lowest BCUT2D eigenvalue weighted by atomic mass is 10.0. The Labute approximate surface area is 84.9 Å². The Morgan fingerprint density at radius 1 is 1.50 bits per heavy atom. The van der Waals surface area contributed by atoms with Crippen LogP contribution in [-0.2, 0) is 0 Å². The van der Waals surface area contributed by atoms with E-state index in [-0.39, 0.29) is 6.04 Å². The van der Waals surface area contributed by atoms with Crippen molar-refractivity contribution in [1.82, 2.24) is 9.88 Å². The van der Waals surface area contributed by atoms with Gasteiger partial charge in [0.25, 0.3) is 0 Å². The van der Waals surface area contributed by atoms with Crippen molar-refractivity contribution in [3.8, 4) is 0 Å². The first-order valence-corrected chi connectivity index (χ1v) is 4.63. The third-order valence-electron chi connectivity index (χ3n) is 2.17. The molecule has 0 bridgehead atoms. The van der Waals surface area contributed by atoms with E-state index in [0.717, 1.165) is 17.7 Å². The molecule has 0 amide bonds. The molecule has 1 atom stereocenters. The maximum atomic E-state index is 6.04. The maximum Gasteiger partial charge on any atom is 0.128 e. The van der Waals surface area contributed by atoms with Crippen molar-refractivity contribution in [1.29, 1.82) is 0 Å². The van der Waals surface area contributed by atoms with E-state index < -0.39 is 0 Å². The second kappa shape index (κ2) is 4.39. The van der Waals surface area contributed by atoms with Gasteiger partial charge in [0.05, 0.1) is 0 Å². The molecule has 1 aromatic heterocycles. The van der Waals surface area contributed by atoms with Crippen LogP contribution in [0.2, 0.25) is 0 Å². The van der Waals surface area contributed by atoms with E-state index in [4.69, 9.17) is 11.5 Å². The van der Waals surface area contributed by atoms with Gasteiger partial charge in [-0.05, 0) is 32.6 Å². The standard InChI is InChI=1S/C10H18N4/c1-7-4-5-13-10(12)9(7)8(11)6-14(2)3/h4-5,8H,6,11H2,1-3H3,(H2,12,13). The monoisotopic (exact) mass is 194 g/mol. The Morgan fingerprint density at radius 2 is 2.14 bits per heavy atom. The van der Waals surface area contributed by atoms with Crippen molar-refractivity contribution >= 4 is 5.82 Å². The highest BCUT2D eigenvalue weighted by molar-refractivity contribution is 5.46. The number of rotatable bonds is 3. The molecule has 4 heteroatoms. The van der Waals surface area contributed by atoms with Crippen LogP contribution in [0.3, 0.4) is 0 Å². The van der Waals surface area contributed by atoms with Gasteiger partial charge in [0.15, 0.2) is 0 Å². The molecule has 0 aliphatic rings. The molecule has 0 aromatic carbocycles. The van der Waals surface area contributed by atoms with Gasteiger partial charge in [0, 0.05) is 24.3 Å². The highest BCUT2D eigenvalue weighted by Gasteiger charge is 2.13. The molecule has 0 aliphatic heterocycles. The molecule has 0 fully saturated rings. The van der Waals surface area contributed by atoms with Gasteiger partial charge in [-0.1, -0.05) is 0 Å². The van der Waals surface area contributed by atoms with Gasteiger partial charge in [-0.15, -0.1) is 0 Å². The predicted molar refractivity (Wildman–Crippen MR) is 58.9 cm³/mol. The minimum absolute atomic E-state index is 0.0706. The summed E-state index contributed by atoms with van der Waals surface area (Å²) < 4.78 is 0. The molecule has 4 nitrogen and oxygen atoms in total. The average Bonchev–Trinajstić information content (AvgIpc) is 2.01. The molecular formula is C10H18N4. The van der Waals surface area contributed by atoms with Gasteiger partial charge >= 0.3 is 0 Å². The number of pyridine rings is 1. The fourth-order valence-corrected chi connectivity index (χ4v) is 1.56. The zero-order chi connectivity index (χ0) is 10.7. The van der Waals surface area contributed by atoms with Crippen LogP contribution in [-0.4, -0.2) is 30.5 Å². The molecule has 0 aliphatic carbocycles. The third-order valence-corrected chi connectivity index (χ3v) is 2.17. The number of aryl methyl sites for hydroxylation is 1. The molecule has 14 heavy (non-hydrogen) atoms. The zero-order valence-electron chi connectivity index (χ0n) is 8.99. The summed E-state index contributed by atoms with van der Waals surface area (Å²) in [5, 5.41) is 0. The van der Waals surface area contributed by atoms with E-state index in [9.17, 15) is 0 Å². The Hall–Kier alpha value is -1.13. The van der Waals surface area contributed by atoms with Crippen LogP contribution in [0.5, 0.6) is 0 Å². The molecule has 0 spiro atoms. The van der Waals surface area contributed by atoms with Crippen molar-refractivity contribution < 1.29 is 0 Å². The van der Waals surface area contributed by atoms with Crippen LogP contribution in [0.15, 0.2) is 12.3 Å². The summed E-state index contributed by atoms with van der Waals surface area (Å²) in [7, 11) is 3.98. The lowest BCUT2D eigenvalue weighted by molar-refractivity contribution is 0.376. The topological polar surface area (TPSA) is 68.2 Å². The fraction of sp³-hybridized carbons (Fsp3) is 0.500. The van der Waals surface area contributed by atoms with E-state index in [2.05, 4.69) is 4.98 Å². The van der Waals surface area contributed by atoms with Gasteiger partial charge in [-0.3, -0.25) is 0 Å². The molecule has 1 heterocycles. The first-order valence-electron chi connectivity index (χ1n) is 4.63. The van der Waals surface area contributed by atoms with Gasteiger partial charge in [-0.2, -0.15) is 0 Å². The van der Waals surface area contributed by atoms with Crippen LogP contribution in [0.4, 0.5) is 5.82 Å². The van der Waals surface area contributed by atoms with Gasteiger partial charge in [0.2, 0.25) is 0 Å². The zero-order valence-corrected chi connectivity index (χ0v) is 8.99. The predicted octanol–water partition coefficient (Wildman–Crippen LogP) is 0.534. The normalized spacial score (nSPS) is 13.2. The van der Waals surface area contributed by atoms with Crippen LogP contribution >= 0.6 is 0 Å². The summed E-state index contributed by atoms with van der Waals surface area (Å²) in [4.78, 5) is 6.09. The van der Waals surface area contributed by atoms with E-state index in [1.54, 1.807) is 6.20 Å². The lowest BCUT2D eigenvalue weighted by Gasteiger charge is -2.19. The summed E-state index contributed by atoms with van der Waals surface area (Å²) in [5.41, 5.74) is 13.9. The Balaban J connectivity index is 2.94. The highest BCUT2D eigenvalue weighted by Crippen LogP contribution is 2.20. The second-order valence-electron chi connectivity index (χ2n) is 3.80. The highest BCUT2D eigenvalue weighted by atomic mass is 15.1. The lowest BCUT2D eigenvalue weighted by Crippen LogP contribution is -2.27. The van der Waals surface area contributed by atoms with Crippen molar-refractivity contribution in [3.63, 3.8) is 0 Å². The molecular weight excluding hydrogens is 176 g/mol. The number of nitrogen functional groups attached to an aromatic ring is 1. The minimum atomic E-state index is -0.0706. The van der Waals surface area contributed by atoms with E-state index in [0.29, 0.717) is 5.82 Å². The number of likely N-dealkylation sites (N-methyl/N-ethyl adjacent to an activating group) is 1. The van der Waals surface area contributed by atoms with Crippen molar-refractivity contribution in [2.24, 2.45) is 5.73 Å². The van der Waals surface area contributed by atoms with Gasteiger partial charge in [0.1, 0.15) is 5.82 Å². The summed E-state index contributed by atoms with van der Waals surface area (Å²) in [6, 6.07) is 1.86. The summed E-state index contributed by atoms with van der Waals surface area (Å²) in [5.74, 6) is 0.541. The molecule has 0 saturated carbocycles. The fourth-order valence-electron chi connectivity index (χ4n) is 1.56. The third kappa shape index (κ3) is 2.43. The van der Waals surface area contributed by atoms with Crippen LogP contribution in [0.25, 0.3) is 0 Å². The largest absolute Gasteiger partial charge is 0.383 e. The van der Waals surface area contributed by atoms with E-state index in [1.807, 2.05) is 32.0 Å².